The molecule has 2 fully saturated rings. The summed E-state index contributed by atoms with van der Waals surface area (Å²) in [4.78, 5) is 7.40. The average Bonchev–Trinajstić information content (AvgIpc) is 2.75. The van der Waals surface area contributed by atoms with Gasteiger partial charge in [0.25, 0.3) is 0 Å². The van der Waals surface area contributed by atoms with E-state index in [-0.39, 0.29) is 17.3 Å². The third kappa shape index (κ3) is 7.46. The quantitative estimate of drug-likeness (QED) is 0.523. The first kappa shape index (κ1) is 24.0. The Bertz CT molecular complexity index is 692. The van der Waals surface area contributed by atoms with Gasteiger partial charge in [0.2, 0.25) is 0 Å². The molecule has 2 aliphatic heterocycles. The molecule has 0 radical (unpaired) electrons. The van der Waals surface area contributed by atoms with E-state index in [0.29, 0.717) is 12.0 Å². The lowest BCUT2D eigenvalue weighted by Crippen LogP contribution is -2.49. The van der Waals surface area contributed by atoms with Gasteiger partial charge in [0.05, 0.1) is 6.10 Å². The van der Waals surface area contributed by atoms with Gasteiger partial charge < -0.3 is 15.4 Å². The Hall–Kier alpha value is -1.66. The van der Waals surface area contributed by atoms with Gasteiger partial charge in [-0.15, -0.1) is 0 Å². The molecule has 2 atom stereocenters. The van der Waals surface area contributed by atoms with Crippen LogP contribution in [-0.2, 0) is 11.3 Å². The highest BCUT2D eigenvalue weighted by Gasteiger charge is 2.35. The van der Waals surface area contributed by atoms with Crippen molar-refractivity contribution in [2.45, 2.75) is 72.1 Å². The van der Waals surface area contributed by atoms with E-state index in [1.54, 1.807) is 12.1 Å². The fraction of sp³-hybridized carbons (Fsp3) is 0.720. The summed E-state index contributed by atoms with van der Waals surface area (Å²) < 4.78 is 19.2. The molecule has 0 aliphatic carbocycles. The molecule has 2 heterocycles. The van der Waals surface area contributed by atoms with Crippen LogP contribution in [0.2, 0.25) is 0 Å². The maximum absolute atomic E-state index is 13.1. The van der Waals surface area contributed by atoms with E-state index in [2.05, 4.69) is 43.2 Å². The van der Waals surface area contributed by atoms with Crippen molar-refractivity contribution in [3.8, 4) is 0 Å². The molecule has 0 saturated carbocycles. The van der Waals surface area contributed by atoms with Crippen LogP contribution in [0, 0.1) is 17.2 Å². The summed E-state index contributed by atoms with van der Waals surface area (Å²) in [6, 6.07) is 7.29. The van der Waals surface area contributed by atoms with Crippen LogP contribution >= 0.6 is 0 Å². The normalized spacial score (nSPS) is 24.2. The number of halogens is 1. The van der Waals surface area contributed by atoms with Gasteiger partial charge in [-0.2, -0.15) is 0 Å². The van der Waals surface area contributed by atoms with Crippen molar-refractivity contribution < 1.29 is 9.13 Å². The summed E-state index contributed by atoms with van der Waals surface area (Å²) in [6.07, 6.45) is 4.75. The number of piperidine rings is 1. The van der Waals surface area contributed by atoms with Crippen LogP contribution in [0.4, 0.5) is 4.39 Å². The lowest BCUT2D eigenvalue weighted by molar-refractivity contribution is -0.0823. The molecule has 5 nitrogen and oxygen atoms in total. The molecular formula is C25H41FN4O. The van der Waals surface area contributed by atoms with Crippen molar-refractivity contribution >= 4 is 5.96 Å². The molecule has 3 rings (SSSR count). The fourth-order valence-electron chi connectivity index (χ4n) is 4.79. The highest BCUT2D eigenvalue weighted by Crippen LogP contribution is 2.34. The molecule has 0 aromatic heterocycles. The zero-order valence-corrected chi connectivity index (χ0v) is 19.8. The smallest absolute Gasteiger partial charge is 0.191 e. The van der Waals surface area contributed by atoms with Crippen LogP contribution in [0.3, 0.4) is 0 Å². The Morgan fingerprint density at radius 2 is 1.87 bits per heavy atom. The van der Waals surface area contributed by atoms with Crippen LogP contribution in [0.5, 0.6) is 0 Å². The van der Waals surface area contributed by atoms with E-state index < -0.39 is 0 Å². The molecule has 2 N–H and O–H groups in total. The number of guanidine groups is 1. The van der Waals surface area contributed by atoms with Crippen LogP contribution < -0.4 is 10.6 Å². The number of rotatable bonds is 6. The number of aliphatic imine (C=N–C) groups is 1. The number of ether oxygens (including phenoxy) is 1. The van der Waals surface area contributed by atoms with Crippen molar-refractivity contribution in [2.24, 2.45) is 16.3 Å². The van der Waals surface area contributed by atoms with Crippen LogP contribution in [0.1, 0.15) is 58.9 Å². The molecule has 0 amide bonds. The van der Waals surface area contributed by atoms with Crippen LogP contribution in [-0.4, -0.2) is 55.8 Å². The SMILES string of the molecule is CCNC(=NCC1CCCOC1C(C)(C)C)NC1CCN(Cc2ccc(F)cc2)CC1. The predicted molar refractivity (Wildman–Crippen MR) is 126 cm³/mol. The van der Waals surface area contributed by atoms with Gasteiger partial charge in [0, 0.05) is 51.3 Å². The van der Waals surface area contributed by atoms with E-state index in [4.69, 9.17) is 9.73 Å². The molecule has 2 saturated heterocycles. The molecule has 1 aromatic rings. The lowest BCUT2D eigenvalue weighted by atomic mass is 9.78. The summed E-state index contributed by atoms with van der Waals surface area (Å²) in [5.41, 5.74) is 1.31. The summed E-state index contributed by atoms with van der Waals surface area (Å²) in [5.74, 6) is 1.23. The van der Waals surface area contributed by atoms with Crippen molar-refractivity contribution in [3.05, 3.63) is 35.6 Å². The van der Waals surface area contributed by atoms with Crippen molar-refractivity contribution in [1.82, 2.24) is 15.5 Å². The monoisotopic (exact) mass is 432 g/mol. The Morgan fingerprint density at radius 3 is 2.52 bits per heavy atom. The predicted octanol–water partition coefficient (Wildman–Crippen LogP) is 4.19. The summed E-state index contributed by atoms with van der Waals surface area (Å²) in [6.45, 7) is 14.4. The van der Waals surface area contributed by atoms with Crippen LogP contribution in [0.15, 0.2) is 29.3 Å². The molecule has 174 valence electrons. The van der Waals surface area contributed by atoms with E-state index in [0.717, 1.165) is 64.6 Å². The maximum Gasteiger partial charge on any atom is 0.191 e. The maximum atomic E-state index is 13.1. The number of nitrogens with zero attached hydrogens (tertiary/aromatic N) is 2. The fourth-order valence-corrected chi connectivity index (χ4v) is 4.79. The minimum atomic E-state index is -0.171. The van der Waals surface area contributed by atoms with Gasteiger partial charge in [-0.05, 0) is 55.7 Å². The first-order chi connectivity index (χ1) is 14.8. The number of hydrogen-bond donors (Lipinski definition) is 2. The Morgan fingerprint density at radius 1 is 1.16 bits per heavy atom. The van der Waals surface area contributed by atoms with Gasteiger partial charge >= 0.3 is 0 Å². The minimum absolute atomic E-state index is 0.143. The second-order valence-electron chi connectivity index (χ2n) is 10.1. The van der Waals surface area contributed by atoms with Gasteiger partial charge in [0.1, 0.15) is 5.82 Å². The molecule has 0 spiro atoms. The summed E-state index contributed by atoms with van der Waals surface area (Å²) in [5, 5.41) is 7.09. The summed E-state index contributed by atoms with van der Waals surface area (Å²) >= 11 is 0. The second kappa shape index (κ2) is 11.3. The standard InChI is InChI=1S/C25H41FN4O/c1-5-27-24(28-17-20-7-6-16-31-23(20)25(2,3)4)29-22-12-14-30(15-13-22)18-19-8-10-21(26)11-9-19/h8-11,20,22-23H,5-7,12-18H2,1-4H3,(H2,27,28,29). The highest BCUT2D eigenvalue weighted by atomic mass is 19.1. The van der Waals surface area contributed by atoms with E-state index in [1.165, 1.54) is 12.0 Å². The van der Waals surface area contributed by atoms with E-state index >= 15 is 0 Å². The molecule has 31 heavy (non-hydrogen) atoms. The average molecular weight is 433 g/mol. The zero-order chi connectivity index (χ0) is 22.3. The first-order valence-electron chi connectivity index (χ1n) is 12.0. The molecule has 2 aliphatic rings. The number of hydrogen-bond acceptors (Lipinski definition) is 3. The first-order valence-corrected chi connectivity index (χ1v) is 12.0. The second-order valence-corrected chi connectivity index (χ2v) is 10.1. The Balaban J connectivity index is 1.50. The molecular weight excluding hydrogens is 391 g/mol. The topological polar surface area (TPSA) is 48.9 Å². The lowest BCUT2D eigenvalue weighted by Gasteiger charge is -2.39. The third-order valence-corrected chi connectivity index (χ3v) is 6.37. The largest absolute Gasteiger partial charge is 0.377 e. The molecule has 1 aromatic carbocycles. The Kier molecular flexibility index (Phi) is 8.73. The van der Waals surface area contributed by atoms with E-state index in [9.17, 15) is 4.39 Å². The third-order valence-electron chi connectivity index (χ3n) is 6.37. The number of likely N-dealkylation sites (tertiary alicyclic amines) is 1. The van der Waals surface area contributed by atoms with Crippen LogP contribution in [0.25, 0.3) is 0 Å². The number of nitrogens with one attached hydrogen (secondary N) is 2. The zero-order valence-electron chi connectivity index (χ0n) is 19.8. The van der Waals surface area contributed by atoms with E-state index in [1.807, 2.05) is 12.1 Å². The molecule has 2 unspecified atom stereocenters. The van der Waals surface area contributed by atoms with Gasteiger partial charge in [-0.25, -0.2) is 4.39 Å². The highest BCUT2D eigenvalue weighted by molar-refractivity contribution is 5.80. The van der Waals surface area contributed by atoms with Gasteiger partial charge in [-0.3, -0.25) is 9.89 Å². The molecule has 6 heteroatoms. The van der Waals surface area contributed by atoms with Crippen molar-refractivity contribution in [1.29, 1.82) is 0 Å². The molecule has 0 bridgehead atoms. The van der Waals surface area contributed by atoms with Gasteiger partial charge in [-0.1, -0.05) is 32.9 Å². The number of benzene rings is 1. The van der Waals surface area contributed by atoms with Gasteiger partial charge in [0.15, 0.2) is 5.96 Å². The summed E-state index contributed by atoms with van der Waals surface area (Å²) in [7, 11) is 0. The minimum Gasteiger partial charge on any atom is -0.377 e. The Labute approximate surface area is 187 Å². The van der Waals surface area contributed by atoms with Crippen molar-refractivity contribution in [3.63, 3.8) is 0 Å². The van der Waals surface area contributed by atoms with Crippen molar-refractivity contribution in [2.75, 3.05) is 32.8 Å².